The van der Waals surface area contributed by atoms with Gasteiger partial charge in [-0.2, -0.15) is 0 Å². The Morgan fingerprint density at radius 3 is 2.70 bits per heavy atom. The number of phenols is 1. The van der Waals surface area contributed by atoms with Crippen LogP contribution in [-0.2, 0) is 6.54 Å². The van der Waals surface area contributed by atoms with Crippen molar-refractivity contribution in [3.8, 4) is 5.75 Å². The van der Waals surface area contributed by atoms with Crippen molar-refractivity contribution in [3.05, 3.63) is 29.8 Å². The summed E-state index contributed by atoms with van der Waals surface area (Å²) in [5, 5.41) is 12.5. The molecule has 2 aliphatic rings. The lowest BCUT2D eigenvalue weighted by atomic mass is 10.1. The Hall–Kier alpha value is -1.75. The molecule has 1 aromatic carbocycles. The van der Waals surface area contributed by atoms with Crippen LogP contribution in [0, 0.1) is 0 Å². The lowest BCUT2D eigenvalue weighted by Gasteiger charge is -2.30. The SMILES string of the molecule is CCN1CCC[C@@H]1CN(Cc1ccc(O)cc1)C(=O)NC1CC1. The third kappa shape index (κ3) is 4.38. The van der Waals surface area contributed by atoms with E-state index in [0.29, 0.717) is 18.6 Å². The highest BCUT2D eigenvalue weighted by Crippen LogP contribution is 2.22. The Balaban J connectivity index is 1.67. The number of carbonyl (C=O) groups is 1. The molecule has 0 radical (unpaired) electrons. The smallest absolute Gasteiger partial charge is 0.317 e. The molecule has 1 aliphatic heterocycles. The minimum atomic E-state index is 0.0449. The van der Waals surface area contributed by atoms with Gasteiger partial charge >= 0.3 is 6.03 Å². The standard InChI is InChI=1S/C18H27N3O2/c1-2-20-11-3-4-16(20)13-21(18(23)19-15-7-8-15)12-14-5-9-17(22)10-6-14/h5-6,9-10,15-16,22H,2-4,7-8,11-13H2,1H3,(H,19,23)/t16-/m1/s1. The maximum absolute atomic E-state index is 12.6. The molecule has 3 rings (SSSR count). The van der Waals surface area contributed by atoms with Crippen LogP contribution in [0.15, 0.2) is 24.3 Å². The van der Waals surface area contributed by atoms with E-state index in [-0.39, 0.29) is 11.8 Å². The Morgan fingerprint density at radius 2 is 2.04 bits per heavy atom. The van der Waals surface area contributed by atoms with Gasteiger partial charge in [-0.1, -0.05) is 19.1 Å². The van der Waals surface area contributed by atoms with Crippen LogP contribution in [0.1, 0.15) is 38.2 Å². The maximum atomic E-state index is 12.6. The second kappa shape index (κ2) is 7.21. The number of hydrogen-bond donors (Lipinski definition) is 2. The monoisotopic (exact) mass is 317 g/mol. The van der Waals surface area contributed by atoms with Gasteiger partial charge in [0, 0.05) is 25.2 Å². The number of carbonyl (C=O) groups excluding carboxylic acids is 1. The van der Waals surface area contributed by atoms with E-state index in [0.717, 1.165) is 44.5 Å². The highest BCUT2D eigenvalue weighted by Gasteiger charge is 2.30. The molecule has 1 saturated carbocycles. The first-order chi connectivity index (χ1) is 11.2. The molecule has 0 unspecified atom stereocenters. The van der Waals surface area contributed by atoms with E-state index >= 15 is 0 Å². The quantitative estimate of drug-likeness (QED) is 0.848. The normalized spacial score (nSPS) is 21.3. The summed E-state index contributed by atoms with van der Waals surface area (Å²) in [4.78, 5) is 17.0. The number of nitrogens with one attached hydrogen (secondary N) is 1. The summed E-state index contributed by atoms with van der Waals surface area (Å²) in [6, 6.07) is 8.01. The lowest BCUT2D eigenvalue weighted by Crippen LogP contribution is -2.47. The van der Waals surface area contributed by atoms with E-state index in [1.165, 1.54) is 6.42 Å². The zero-order chi connectivity index (χ0) is 16.2. The highest BCUT2D eigenvalue weighted by molar-refractivity contribution is 5.75. The Bertz CT molecular complexity index is 528. The summed E-state index contributed by atoms with van der Waals surface area (Å²) in [7, 11) is 0. The molecule has 1 aromatic rings. The summed E-state index contributed by atoms with van der Waals surface area (Å²) < 4.78 is 0. The number of nitrogens with zero attached hydrogens (tertiary/aromatic N) is 2. The third-order valence-electron chi connectivity index (χ3n) is 4.84. The van der Waals surface area contributed by atoms with Gasteiger partial charge < -0.3 is 15.3 Å². The molecule has 2 N–H and O–H groups in total. The van der Waals surface area contributed by atoms with Crippen LogP contribution in [-0.4, -0.2) is 52.7 Å². The molecule has 1 atom stereocenters. The first-order valence-corrected chi connectivity index (χ1v) is 8.73. The number of rotatable bonds is 6. The lowest BCUT2D eigenvalue weighted by molar-refractivity contribution is 0.164. The van der Waals surface area contributed by atoms with Crippen LogP contribution in [0.4, 0.5) is 4.79 Å². The van der Waals surface area contributed by atoms with Gasteiger partial charge in [-0.25, -0.2) is 4.79 Å². The molecule has 1 aliphatic carbocycles. The van der Waals surface area contributed by atoms with Gasteiger partial charge in [-0.3, -0.25) is 4.90 Å². The molecule has 1 saturated heterocycles. The van der Waals surface area contributed by atoms with Crippen molar-refractivity contribution < 1.29 is 9.90 Å². The number of benzene rings is 1. The van der Waals surface area contributed by atoms with E-state index in [1.807, 2.05) is 17.0 Å². The van der Waals surface area contributed by atoms with E-state index in [1.54, 1.807) is 12.1 Å². The minimum Gasteiger partial charge on any atom is -0.508 e. The summed E-state index contributed by atoms with van der Waals surface area (Å²) in [5.41, 5.74) is 1.05. The van der Waals surface area contributed by atoms with Crippen LogP contribution in [0.3, 0.4) is 0 Å². The van der Waals surface area contributed by atoms with Crippen LogP contribution in [0.5, 0.6) is 5.75 Å². The fourth-order valence-corrected chi connectivity index (χ4v) is 3.31. The number of urea groups is 1. The molecule has 2 fully saturated rings. The summed E-state index contributed by atoms with van der Waals surface area (Å²) in [6.45, 7) is 5.73. The number of likely N-dealkylation sites (tertiary alicyclic amines) is 1. The predicted octanol–water partition coefficient (Wildman–Crippen LogP) is 2.55. The molecule has 0 aromatic heterocycles. The molecule has 0 bridgehead atoms. The van der Waals surface area contributed by atoms with Crippen LogP contribution >= 0.6 is 0 Å². The van der Waals surface area contributed by atoms with E-state index in [4.69, 9.17) is 0 Å². The first-order valence-electron chi connectivity index (χ1n) is 8.73. The van der Waals surface area contributed by atoms with Gasteiger partial charge in [-0.15, -0.1) is 0 Å². The Morgan fingerprint density at radius 1 is 1.30 bits per heavy atom. The minimum absolute atomic E-state index is 0.0449. The van der Waals surface area contributed by atoms with Crippen molar-refractivity contribution in [2.24, 2.45) is 0 Å². The zero-order valence-corrected chi connectivity index (χ0v) is 13.9. The second-order valence-electron chi connectivity index (χ2n) is 6.70. The number of aromatic hydroxyl groups is 1. The number of phenolic OH excluding ortho intramolecular Hbond substituents is 1. The van der Waals surface area contributed by atoms with Crippen molar-refractivity contribution in [2.45, 2.75) is 51.2 Å². The van der Waals surface area contributed by atoms with Crippen molar-refractivity contribution in [2.75, 3.05) is 19.6 Å². The van der Waals surface area contributed by atoms with Crippen molar-refractivity contribution >= 4 is 6.03 Å². The molecule has 1 heterocycles. The molecule has 2 amide bonds. The van der Waals surface area contributed by atoms with Gasteiger partial charge in [0.1, 0.15) is 5.75 Å². The molecule has 23 heavy (non-hydrogen) atoms. The maximum Gasteiger partial charge on any atom is 0.317 e. The van der Waals surface area contributed by atoms with Gasteiger partial charge in [0.15, 0.2) is 0 Å². The van der Waals surface area contributed by atoms with E-state index < -0.39 is 0 Å². The number of amides is 2. The number of likely N-dealkylation sites (N-methyl/N-ethyl adjacent to an activating group) is 1. The molecular weight excluding hydrogens is 290 g/mol. The summed E-state index contributed by atoms with van der Waals surface area (Å²) in [6.07, 6.45) is 4.58. The second-order valence-corrected chi connectivity index (χ2v) is 6.70. The largest absolute Gasteiger partial charge is 0.508 e. The highest BCUT2D eigenvalue weighted by atomic mass is 16.3. The van der Waals surface area contributed by atoms with Crippen LogP contribution in [0.25, 0.3) is 0 Å². The molecule has 126 valence electrons. The van der Waals surface area contributed by atoms with E-state index in [9.17, 15) is 9.90 Å². The van der Waals surface area contributed by atoms with Gasteiger partial charge in [0.2, 0.25) is 0 Å². The Kier molecular flexibility index (Phi) is 5.06. The van der Waals surface area contributed by atoms with Gasteiger partial charge in [0.05, 0.1) is 0 Å². The first kappa shape index (κ1) is 16.1. The van der Waals surface area contributed by atoms with Gasteiger partial charge in [0.25, 0.3) is 0 Å². The fraction of sp³-hybridized carbons (Fsp3) is 0.611. The van der Waals surface area contributed by atoms with Crippen molar-refractivity contribution in [1.82, 2.24) is 15.1 Å². The van der Waals surface area contributed by atoms with Crippen molar-refractivity contribution in [3.63, 3.8) is 0 Å². The van der Waals surface area contributed by atoms with Crippen molar-refractivity contribution in [1.29, 1.82) is 0 Å². The molecule has 0 spiro atoms. The van der Waals surface area contributed by atoms with Crippen LogP contribution < -0.4 is 5.32 Å². The molecule has 5 nitrogen and oxygen atoms in total. The van der Waals surface area contributed by atoms with Gasteiger partial charge in [-0.05, 0) is 56.5 Å². The predicted molar refractivity (Wildman–Crippen MR) is 90.3 cm³/mol. The molecule has 5 heteroatoms. The van der Waals surface area contributed by atoms with Crippen LogP contribution in [0.2, 0.25) is 0 Å². The Labute approximate surface area is 138 Å². The fourth-order valence-electron chi connectivity index (χ4n) is 3.31. The molecular formula is C18H27N3O2. The average Bonchev–Trinajstić information content (AvgIpc) is 3.24. The summed E-state index contributed by atoms with van der Waals surface area (Å²) >= 11 is 0. The van der Waals surface area contributed by atoms with E-state index in [2.05, 4.69) is 17.1 Å². The topological polar surface area (TPSA) is 55.8 Å². The average molecular weight is 317 g/mol. The number of hydrogen-bond acceptors (Lipinski definition) is 3. The third-order valence-corrected chi connectivity index (χ3v) is 4.84. The zero-order valence-electron chi connectivity index (χ0n) is 13.9. The summed E-state index contributed by atoms with van der Waals surface area (Å²) in [5.74, 6) is 0.260.